The van der Waals surface area contributed by atoms with E-state index in [0.717, 1.165) is 24.3 Å². The molecule has 0 unspecified atom stereocenters. The van der Waals surface area contributed by atoms with Crippen LogP contribution in [0, 0.1) is 5.41 Å². The predicted octanol–water partition coefficient (Wildman–Crippen LogP) is 5.47. The number of carboxylic acids is 1. The van der Waals surface area contributed by atoms with Gasteiger partial charge < -0.3 is 14.6 Å². The van der Waals surface area contributed by atoms with Gasteiger partial charge in [0.2, 0.25) is 5.91 Å². The minimum atomic E-state index is -0.819. The molecule has 4 heterocycles. The molecule has 4 aromatic rings. The molecule has 0 saturated carbocycles. The lowest BCUT2D eigenvalue weighted by molar-refractivity contribution is -0.147. The number of aliphatic carboxylic acids is 1. The molecule has 1 aliphatic heterocycles. The lowest BCUT2D eigenvalue weighted by atomic mass is 9.87. The van der Waals surface area contributed by atoms with Gasteiger partial charge in [-0.1, -0.05) is 18.2 Å². The van der Waals surface area contributed by atoms with Crippen LogP contribution in [0.1, 0.15) is 49.9 Å². The van der Waals surface area contributed by atoms with Crippen LogP contribution in [0.2, 0.25) is 0 Å². The first-order valence-corrected chi connectivity index (χ1v) is 12.6. The van der Waals surface area contributed by atoms with Gasteiger partial charge in [-0.3, -0.25) is 9.59 Å². The van der Waals surface area contributed by atoms with Gasteiger partial charge in [0.15, 0.2) is 0 Å². The zero-order valence-electron chi connectivity index (χ0n) is 19.6. The van der Waals surface area contributed by atoms with E-state index in [2.05, 4.69) is 40.3 Å². The fourth-order valence-electron chi connectivity index (χ4n) is 4.92. The van der Waals surface area contributed by atoms with Crippen LogP contribution in [0.25, 0.3) is 21.1 Å². The van der Waals surface area contributed by atoms with Gasteiger partial charge >= 0.3 is 5.97 Å². The summed E-state index contributed by atoms with van der Waals surface area (Å²) in [6.45, 7) is 5.40. The molecule has 0 bridgehead atoms. The zero-order valence-corrected chi connectivity index (χ0v) is 20.4. The van der Waals surface area contributed by atoms with Crippen molar-refractivity contribution in [2.75, 3.05) is 6.54 Å². The summed E-state index contributed by atoms with van der Waals surface area (Å²) in [5, 5.41) is 14.0. The number of carbonyl (C=O) groups excluding carboxylic acids is 1. The van der Waals surface area contributed by atoms with E-state index in [1.165, 1.54) is 26.6 Å². The molecule has 0 atom stereocenters. The smallest absolute Gasteiger partial charge is 0.309 e. The maximum Gasteiger partial charge on any atom is 0.309 e. The SMILES string of the molecule is CC(C)(CCCC(=O)N1CCc2c(n(Cc3csc4ccccc34)c3ncccc23)C1)C(=O)O. The number of hydrogen-bond acceptors (Lipinski definition) is 4. The fraction of sp³-hybridized carbons (Fsp3) is 0.370. The Labute approximate surface area is 202 Å². The molecule has 1 aliphatic rings. The Hall–Kier alpha value is -3.19. The third-order valence-corrected chi connectivity index (χ3v) is 8.04. The van der Waals surface area contributed by atoms with Crippen LogP contribution < -0.4 is 0 Å². The Balaban J connectivity index is 1.40. The summed E-state index contributed by atoms with van der Waals surface area (Å²) in [7, 11) is 0. The van der Waals surface area contributed by atoms with E-state index in [0.29, 0.717) is 32.4 Å². The third kappa shape index (κ3) is 4.09. The second-order valence-electron chi connectivity index (χ2n) is 9.75. The summed E-state index contributed by atoms with van der Waals surface area (Å²) >= 11 is 1.76. The van der Waals surface area contributed by atoms with E-state index in [1.807, 2.05) is 17.2 Å². The van der Waals surface area contributed by atoms with E-state index in [9.17, 15) is 14.7 Å². The Kier molecular flexibility index (Phi) is 5.90. The number of thiophene rings is 1. The molecule has 1 amide bonds. The molecular weight excluding hydrogens is 446 g/mol. The van der Waals surface area contributed by atoms with E-state index < -0.39 is 11.4 Å². The molecule has 5 rings (SSSR count). The number of rotatable bonds is 7. The van der Waals surface area contributed by atoms with E-state index in [4.69, 9.17) is 4.98 Å². The van der Waals surface area contributed by atoms with Gasteiger partial charge in [-0.15, -0.1) is 11.3 Å². The minimum absolute atomic E-state index is 0.0950. The van der Waals surface area contributed by atoms with Crippen LogP contribution in [0.15, 0.2) is 48.0 Å². The summed E-state index contributed by atoms with van der Waals surface area (Å²) in [5.41, 5.74) is 3.88. The molecule has 0 radical (unpaired) electrons. The van der Waals surface area contributed by atoms with Gasteiger partial charge in [0.05, 0.1) is 18.5 Å². The van der Waals surface area contributed by atoms with Crippen molar-refractivity contribution in [3.8, 4) is 0 Å². The van der Waals surface area contributed by atoms with Crippen molar-refractivity contribution in [3.63, 3.8) is 0 Å². The van der Waals surface area contributed by atoms with Crippen LogP contribution >= 0.6 is 11.3 Å². The number of nitrogens with zero attached hydrogens (tertiary/aromatic N) is 3. The number of aromatic nitrogens is 2. The molecular formula is C27H29N3O3S. The van der Waals surface area contributed by atoms with Crippen molar-refractivity contribution >= 4 is 44.3 Å². The van der Waals surface area contributed by atoms with Gasteiger partial charge in [0, 0.05) is 34.9 Å². The summed E-state index contributed by atoms with van der Waals surface area (Å²) in [6.07, 6.45) is 4.08. The van der Waals surface area contributed by atoms with Crippen molar-refractivity contribution in [1.29, 1.82) is 0 Å². The molecule has 6 nitrogen and oxygen atoms in total. The Morgan fingerprint density at radius 2 is 1.94 bits per heavy atom. The highest BCUT2D eigenvalue weighted by molar-refractivity contribution is 7.17. The van der Waals surface area contributed by atoms with Crippen molar-refractivity contribution in [2.45, 2.75) is 52.6 Å². The highest BCUT2D eigenvalue weighted by Gasteiger charge is 2.29. The summed E-state index contributed by atoms with van der Waals surface area (Å²) in [5.74, 6) is -0.724. The predicted molar refractivity (Wildman–Crippen MR) is 135 cm³/mol. The standard InChI is InChI=1S/C27H29N3O3S/c1-27(2,26(32)33)12-5-10-24(31)29-14-11-20-21-8-6-13-28-25(21)30(22(20)16-29)15-18-17-34-23-9-4-3-7-19(18)23/h3-4,6-9,13,17H,5,10-12,14-16H2,1-2H3,(H,32,33). The first-order valence-electron chi connectivity index (χ1n) is 11.8. The zero-order chi connectivity index (χ0) is 23.9. The first kappa shape index (κ1) is 22.6. The molecule has 0 aliphatic carbocycles. The molecule has 176 valence electrons. The number of fused-ring (bicyclic) bond motifs is 4. The molecule has 0 spiro atoms. The topological polar surface area (TPSA) is 75.4 Å². The number of carbonyl (C=O) groups is 2. The largest absolute Gasteiger partial charge is 0.481 e. The van der Waals surface area contributed by atoms with Crippen molar-refractivity contribution < 1.29 is 14.7 Å². The van der Waals surface area contributed by atoms with Gasteiger partial charge in [0.1, 0.15) is 5.65 Å². The highest BCUT2D eigenvalue weighted by Crippen LogP contribution is 2.33. The number of amides is 1. The number of benzene rings is 1. The lowest BCUT2D eigenvalue weighted by Crippen LogP contribution is -2.36. The lowest BCUT2D eigenvalue weighted by Gasteiger charge is -2.29. The van der Waals surface area contributed by atoms with Gasteiger partial charge in [0.25, 0.3) is 0 Å². The maximum atomic E-state index is 13.0. The molecule has 0 saturated heterocycles. The average molecular weight is 476 g/mol. The van der Waals surface area contributed by atoms with Gasteiger partial charge in [-0.05, 0) is 73.2 Å². The molecule has 1 N–H and O–H groups in total. The summed E-state index contributed by atoms with van der Waals surface area (Å²) < 4.78 is 3.56. The quantitative estimate of drug-likeness (QED) is 0.385. The van der Waals surface area contributed by atoms with E-state index in [-0.39, 0.29) is 5.91 Å². The van der Waals surface area contributed by atoms with Crippen molar-refractivity contribution in [1.82, 2.24) is 14.5 Å². The number of pyridine rings is 1. The van der Waals surface area contributed by atoms with Gasteiger partial charge in [-0.25, -0.2) is 4.98 Å². The van der Waals surface area contributed by atoms with Gasteiger partial charge in [-0.2, -0.15) is 0 Å². The second kappa shape index (κ2) is 8.87. The van der Waals surface area contributed by atoms with E-state index in [1.54, 1.807) is 25.2 Å². The minimum Gasteiger partial charge on any atom is -0.481 e. The van der Waals surface area contributed by atoms with Crippen LogP contribution in [-0.2, 0) is 29.1 Å². The fourth-order valence-corrected chi connectivity index (χ4v) is 5.87. The molecule has 0 fully saturated rings. The van der Waals surface area contributed by atoms with Crippen LogP contribution in [0.5, 0.6) is 0 Å². The second-order valence-corrected chi connectivity index (χ2v) is 10.7. The molecule has 7 heteroatoms. The van der Waals surface area contributed by atoms with E-state index >= 15 is 0 Å². The molecule has 1 aromatic carbocycles. The Bertz CT molecular complexity index is 1380. The number of carboxylic acid groups (broad SMARTS) is 1. The van der Waals surface area contributed by atoms with Crippen molar-refractivity contribution in [2.24, 2.45) is 5.41 Å². The monoisotopic (exact) mass is 475 g/mol. The van der Waals surface area contributed by atoms with Crippen LogP contribution in [-0.4, -0.2) is 38.0 Å². The normalized spacial score (nSPS) is 14.0. The average Bonchev–Trinajstić information content (AvgIpc) is 3.38. The maximum absolute atomic E-state index is 13.0. The number of hydrogen-bond donors (Lipinski definition) is 1. The van der Waals surface area contributed by atoms with Crippen molar-refractivity contribution in [3.05, 3.63) is 64.8 Å². The Morgan fingerprint density at radius 1 is 1.15 bits per heavy atom. The molecule has 3 aromatic heterocycles. The summed E-state index contributed by atoms with van der Waals surface area (Å²) in [6, 6.07) is 12.6. The van der Waals surface area contributed by atoms with Crippen LogP contribution in [0.4, 0.5) is 0 Å². The Morgan fingerprint density at radius 3 is 2.76 bits per heavy atom. The first-order chi connectivity index (χ1) is 16.3. The molecule has 34 heavy (non-hydrogen) atoms. The third-order valence-electron chi connectivity index (χ3n) is 7.03. The summed E-state index contributed by atoms with van der Waals surface area (Å²) in [4.78, 5) is 31.0. The highest BCUT2D eigenvalue weighted by atomic mass is 32.1. The van der Waals surface area contributed by atoms with Crippen LogP contribution in [0.3, 0.4) is 0 Å².